The van der Waals surface area contributed by atoms with E-state index in [1.165, 1.54) is 0 Å². The first-order valence-electron chi connectivity index (χ1n) is 8.16. The fraction of sp³-hybridized carbons (Fsp3) is 0.200. The quantitative estimate of drug-likeness (QED) is 0.550. The van der Waals surface area contributed by atoms with Gasteiger partial charge >= 0.3 is 5.97 Å². The molecule has 1 heterocycles. The zero-order valence-electron chi connectivity index (χ0n) is 13.6. The molecule has 4 nitrogen and oxygen atoms in total. The first kappa shape index (κ1) is 15.9. The number of para-hydroxylation sites is 1. The van der Waals surface area contributed by atoms with Crippen LogP contribution in [0.3, 0.4) is 0 Å². The zero-order valence-corrected chi connectivity index (χ0v) is 14.4. The van der Waals surface area contributed by atoms with Crippen LogP contribution < -0.4 is 4.74 Å². The first-order chi connectivity index (χ1) is 12.0. The second-order valence-corrected chi connectivity index (χ2v) is 6.78. The largest absolute Gasteiger partial charge is 0.425 e. The van der Waals surface area contributed by atoms with Crippen molar-refractivity contribution < 1.29 is 14.3 Å². The fourth-order valence-electron chi connectivity index (χ4n) is 3.50. The average Bonchev–Trinajstić information content (AvgIpc) is 3.12. The van der Waals surface area contributed by atoms with Crippen molar-refractivity contribution in [2.75, 3.05) is 0 Å². The van der Waals surface area contributed by atoms with Crippen LogP contribution in [0.25, 0.3) is 10.9 Å². The van der Waals surface area contributed by atoms with Crippen LogP contribution in [-0.2, 0) is 11.2 Å². The number of ketones is 1. The maximum Gasteiger partial charge on any atom is 0.315 e. The van der Waals surface area contributed by atoms with E-state index < -0.39 is 5.97 Å². The van der Waals surface area contributed by atoms with E-state index in [0.29, 0.717) is 22.8 Å². The number of benzene rings is 2. The van der Waals surface area contributed by atoms with E-state index in [-0.39, 0.29) is 18.1 Å². The van der Waals surface area contributed by atoms with Gasteiger partial charge in [-0.25, -0.2) is 0 Å². The summed E-state index contributed by atoms with van der Waals surface area (Å²) in [5.41, 5.74) is 3.07. The second kappa shape index (κ2) is 6.05. The molecule has 1 N–H and O–H groups in total. The van der Waals surface area contributed by atoms with E-state index in [4.69, 9.17) is 16.3 Å². The number of nitrogens with one attached hydrogen (secondary N) is 1. The van der Waals surface area contributed by atoms with Gasteiger partial charge in [-0.1, -0.05) is 36.7 Å². The molecule has 0 amide bonds. The molecule has 1 aliphatic rings. The van der Waals surface area contributed by atoms with Crippen LogP contribution in [0.4, 0.5) is 0 Å². The Morgan fingerprint density at radius 1 is 1.28 bits per heavy atom. The van der Waals surface area contributed by atoms with Crippen LogP contribution in [0.2, 0.25) is 5.02 Å². The summed E-state index contributed by atoms with van der Waals surface area (Å²) in [6.45, 7) is 1.95. The fourth-order valence-corrected chi connectivity index (χ4v) is 3.85. The number of ether oxygens (including phenoxy) is 1. The van der Waals surface area contributed by atoms with Gasteiger partial charge in [0.15, 0.2) is 5.78 Å². The van der Waals surface area contributed by atoms with Crippen LogP contribution in [0.1, 0.15) is 40.7 Å². The van der Waals surface area contributed by atoms with Crippen molar-refractivity contribution in [3.05, 3.63) is 64.3 Å². The Balaban J connectivity index is 1.61. The lowest BCUT2D eigenvalue weighted by molar-refractivity contribution is -0.133. The summed E-state index contributed by atoms with van der Waals surface area (Å²) in [7, 11) is 0. The minimum Gasteiger partial charge on any atom is -0.425 e. The summed E-state index contributed by atoms with van der Waals surface area (Å²) in [4.78, 5) is 27.8. The Bertz CT molecular complexity index is 1010. The molecule has 0 fully saturated rings. The number of Topliss-reactive ketones (excluding diaryl/α,β-unsaturated/α-hetero) is 1. The SMILES string of the molecule is CC1CC(=O)c2c(OC(=O)Cc3c[nH]c4ccccc34)ccc(Cl)c21. The lowest BCUT2D eigenvalue weighted by Gasteiger charge is -2.11. The minimum atomic E-state index is -0.401. The molecule has 0 saturated carbocycles. The molecule has 0 aliphatic heterocycles. The molecule has 0 spiro atoms. The molecule has 25 heavy (non-hydrogen) atoms. The van der Waals surface area contributed by atoms with Gasteiger partial charge in [-0.15, -0.1) is 0 Å². The van der Waals surface area contributed by atoms with Crippen LogP contribution in [-0.4, -0.2) is 16.7 Å². The predicted molar refractivity (Wildman–Crippen MR) is 96.5 cm³/mol. The molecule has 1 aromatic heterocycles. The summed E-state index contributed by atoms with van der Waals surface area (Å²) >= 11 is 6.22. The molecule has 0 saturated heterocycles. The number of halogens is 1. The van der Waals surface area contributed by atoms with Gasteiger partial charge in [0.1, 0.15) is 5.75 Å². The zero-order chi connectivity index (χ0) is 17.6. The molecular formula is C20H16ClNO3. The van der Waals surface area contributed by atoms with Crippen molar-refractivity contribution in [3.63, 3.8) is 0 Å². The molecule has 5 heteroatoms. The van der Waals surface area contributed by atoms with Gasteiger partial charge in [-0.3, -0.25) is 9.59 Å². The number of rotatable bonds is 3. The summed E-state index contributed by atoms with van der Waals surface area (Å²) in [6.07, 6.45) is 2.34. The molecule has 0 bridgehead atoms. The number of hydrogen-bond acceptors (Lipinski definition) is 3. The van der Waals surface area contributed by atoms with Gasteiger partial charge in [0.05, 0.1) is 12.0 Å². The van der Waals surface area contributed by atoms with E-state index in [1.807, 2.05) is 37.4 Å². The smallest absolute Gasteiger partial charge is 0.315 e. The Morgan fingerprint density at radius 3 is 2.92 bits per heavy atom. The molecule has 1 aliphatic carbocycles. The first-order valence-corrected chi connectivity index (χ1v) is 8.53. The minimum absolute atomic E-state index is 0.0279. The van der Waals surface area contributed by atoms with E-state index >= 15 is 0 Å². The summed E-state index contributed by atoms with van der Waals surface area (Å²) in [5, 5.41) is 1.54. The summed E-state index contributed by atoms with van der Waals surface area (Å²) in [5.74, 6) is -0.0811. The maximum absolute atomic E-state index is 12.4. The normalized spacial score (nSPS) is 16.2. The monoisotopic (exact) mass is 353 g/mol. The van der Waals surface area contributed by atoms with E-state index in [0.717, 1.165) is 22.0 Å². The number of H-pyrrole nitrogens is 1. The standard InChI is InChI=1S/C20H16ClNO3/c1-11-8-16(23)20-17(7-6-14(21)19(11)20)25-18(24)9-12-10-22-15-5-3-2-4-13(12)15/h2-7,10-11,22H,8-9H2,1H3. The van der Waals surface area contributed by atoms with Crippen molar-refractivity contribution in [2.24, 2.45) is 0 Å². The number of hydrogen-bond donors (Lipinski definition) is 1. The van der Waals surface area contributed by atoms with Crippen molar-refractivity contribution >= 4 is 34.3 Å². The van der Waals surface area contributed by atoms with E-state index in [9.17, 15) is 9.59 Å². The van der Waals surface area contributed by atoms with Gasteiger partial charge in [0, 0.05) is 28.5 Å². The lowest BCUT2D eigenvalue weighted by atomic mass is 10.0. The van der Waals surface area contributed by atoms with Crippen molar-refractivity contribution in [1.29, 1.82) is 0 Å². The number of carbonyl (C=O) groups excluding carboxylic acids is 2. The van der Waals surface area contributed by atoms with Crippen molar-refractivity contribution in [2.45, 2.75) is 25.7 Å². The number of carbonyl (C=O) groups is 2. The van der Waals surface area contributed by atoms with Gasteiger partial charge in [-0.05, 0) is 35.2 Å². The molecule has 3 aromatic rings. The molecular weight excluding hydrogens is 338 g/mol. The number of aromatic amines is 1. The van der Waals surface area contributed by atoms with Crippen molar-refractivity contribution in [3.8, 4) is 5.75 Å². The van der Waals surface area contributed by atoms with Crippen LogP contribution in [0, 0.1) is 0 Å². The highest BCUT2D eigenvalue weighted by molar-refractivity contribution is 6.32. The Hall–Kier alpha value is -2.59. The predicted octanol–water partition coefficient (Wildman–Crippen LogP) is 4.66. The Morgan fingerprint density at radius 2 is 2.08 bits per heavy atom. The molecule has 4 rings (SSSR count). The molecule has 0 radical (unpaired) electrons. The number of aromatic nitrogens is 1. The van der Waals surface area contributed by atoms with Gasteiger partial charge in [0.25, 0.3) is 0 Å². The Labute approximate surface area is 149 Å². The third-order valence-corrected chi connectivity index (χ3v) is 4.98. The summed E-state index contributed by atoms with van der Waals surface area (Å²) < 4.78 is 5.52. The second-order valence-electron chi connectivity index (χ2n) is 6.37. The van der Waals surface area contributed by atoms with Gasteiger partial charge < -0.3 is 9.72 Å². The van der Waals surface area contributed by atoms with E-state index in [2.05, 4.69) is 4.98 Å². The molecule has 126 valence electrons. The highest BCUT2D eigenvalue weighted by Crippen LogP contribution is 2.42. The number of fused-ring (bicyclic) bond motifs is 2. The molecule has 1 atom stereocenters. The maximum atomic E-state index is 12.4. The van der Waals surface area contributed by atoms with Crippen LogP contribution in [0.15, 0.2) is 42.6 Å². The highest BCUT2D eigenvalue weighted by atomic mass is 35.5. The highest BCUT2D eigenvalue weighted by Gasteiger charge is 2.32. The molecule has 1 unspecified atom stereocenters. The summed E-state index contributed by atoms with van der Waals surface area (Å²) in [6, 6.07) is 11.1. The van der Waals surface area contributed by atoms with Crippen molar-refractivity contribution in [1.82, 2.24) is 4.98 Å². The Kier molecular flexibility index (Phi) is 3.85. The number of esters is 1. The van der Waals surface area contributed by atoms with Gasteiger partial charge in [-0.2, -0.15) is 0 Å². The van der Waals surface area contributed by atoms with Crippen LogP contribution in [0.5, 0.6) is 5.75 Å². The molecule has 2 aromatic carbocycles. The third-order valence-electron chi connectivity index (χ3n) is 4.65. The van der Waals surface area contributed by atoms with Gasteiger partial charge in [0.2, 0.25) is 0 Å². The third kappa shape index (κ3) is 2.72. The average molecular weight is 354 g/mol. The topological polar surface area (TPSA) is 59.2 Å². The van der Waals surface area contributed by atoms with E-state index in [1.54, 1.807) is 12.1 Å². The lowest BCUT2D eigenvalue weighted by Crippen LogP contribution is -2.13. The van der Waals surface area contributed by atoms with Crippen LogP contribution >= 0.6 is 11.6 Å².